The van der Waals surface area contributed by atoms with Crippen molar-refractivity contribution >= 4 is 18.2 Å². The van der Waals surface area contributed by atoms with Gasteiger partial charge in [0.2, 0.25) is 0 Å². The first-order valence-corrected chi connectivity index (χ1v) is 8.13. The number of hydrogen-bond donors (Lipinski definition) is 0. The molecule has 0 aliphatic heterocycles. The normalized spacial score (nSPS) is 11.0. The first-order chi connectivity index (χ1) is 11.9. The Balaban J connectivity index is 1.87. The zero-order valence-electron chi connectivity index (χ0n) is 13.5. The molecule has 3 aromatic carbocycles. The monoisotopic (exact) mass is 308 g/mol. The van der Waals surface area contributed by atoms with E-state index in [0.29, 0.717) is 0 Å². The Morgan fingerprint density at radius 3 is 1.25 bits per heavy atom. The maximum absolute atomic E-state index is 2.19. The maximum Gasteiger partial charge on any atom is -0.0250 e. The van der Waals surface area contributed by atoms with E-state index in [1.54, 1.807) is 0 Å². The van der Waals surface area contributed by atoms with Crippen LogP contribution in [0, 0.1) is 0 Å². The average molecular weight is 308 g/mol. The van der Waals surface area contributed by atoms with Crippen molar-refractivity contribution in [3.63, 3.8) is 0 Å². The molecular weight excluding hydrogens is 288 g/mol. The van der Waals surface area contributed by atoms with Crippen LogP contribution in [0.2, 0.25) is 0 Å². The fourth-order valence-electron chi connectivity index (χ4n) is 2.41. The summed E-state index contributed by atoms with van der Waals surface area (Å²) in [5.74, 6) is 0. The predicted molar refractivity (Wildman–Crippen MR) is 105 cm³/mol. The van der Waals surface area contributed by atoms with Crippen LogP contribution in [-0.2, 0) is 0 Å². The smallest absolute Gasteiger partial charge is 0.0250 e. The van der Waals surface area contributed by atoms with E-state index in [1.807, 2.05) is 18.2 Å². The Kier molecular flexibility index (Phi) is 5.58. The van der Waals surface area contributed by atoms with E-state index in [4.69, 9.17) is 0 Å². The van der Waals surface area contributed by atoms with Crippen LogP contribution in [0.1, 0.15) is 16.7 Å². The Hall–Kier alpha value is -3.12. The largest absolute Gasteiger partial charge is 0.0622 e. The summed E-state index contributed by atoms with van der Waals surface area (Å²) in [4.78, 5) is 0. The fourth-order valence-corrected chi connectivity index (χ4v) is 2.41. The second kappa shape index (κ2) is 8.50. The predicted octanol–water partition coefficient (Wildman–Crippen LogP) is 6.50. The van der Waals surface area contributed by atoms with E-state index in [1.165, 1.54) is 16.7 Å². The van der Waals surface area contributed by atoms with Crippen molar-refractivity contribution in [2.24, 2.45) is 0 Å². The molecule has 0 aliphatic rings. The van der Waals surface area contributed by atoms with E-state index in [-0.39, 0.29) is 0 Å². The van der Waals surface area contributed by atoms with Gasteiger partial charge in [0.25, 0.3) is 0 Å². The summed E-state index contributed by atoms with van der Waals surface area (Å²) in [6.45, 7) is 0. The molecule has 0 N–H and O–H groups in total. The molecule has 3 rings (SSSR count). The highest BCUT2D eigenvalue weighted by atomic mass is 14.0. The highest BCUT2D eigenvalue weighted by molar-refractivity contribution is 5.68. The lowest BCUT2D eigenvalue weighted by molar-refractivity contribution is 1.62. The lowest BCUT2D eigenvalue weighted by Gasteiger charge is -1.99. The van der Waals surface area contributed by atoms with Gasteiger partial charge in [-0.05, 0) is 28.3 Å². The average Bonchev–Trinajstić information content (AvgIpc) is 2.66. The van der Waals surface area contributed by atoms with Crippen molar-refractivity contribution in [3.8, 4) is 0 Å². The second-order valence-electron chi connectivity index (χ2n) is 5.54. The molecule has 0 fully saturated rings. The van der Waals surface area contributed by atoms with Gasteiger partial charge in [0, 0.05) is 0 Å². The van der Waals surface area contributed by atoms with Gasteiger partial charge in [0.1, 0.15) is 0 Å². The minimum Gasteiger partial charge on any atom is -0.0622 e. The highest BCUT2D eigenvalue weighted by Crippen LogP contribution is 2.13. The molecule has 0 bridgehead atoms. The number of hydrogen-bond acceptors (Lipinski definition) is 0. The van der Waals surface area contributed by atoms with Gasteiger partial charge < -0.3 is 0 Å². The summed E-state index contributed by atoms with van der Waals surface area (Å²) >= 11 is 0. The lowest BCUT2D eigenvalue weighted by atomic mass is 10.1. The van der Waals surface area contributed by atoms with Gasteiger partial charge in [-0.2, -0.15) is 0 Å². The molecular formula is C24H20. The minimum atomic E-state index is 1.16. The summed E-state index contributed by atoms with van der Waals surface area (Å²) < 4.78 is 0. The standard InChI is InChI=1S/C24H20/c1-4-10-21(11-5-1)16-18-24(20-23-14-8-3-9-15-23)19-17-22-12-6-2-7-13-22/h1-20H. The zero-order valence-corrected chi connectivity index (χ0v) is 13.5. The minimum absolute atomic E-state index is 1.16. The Morgan fingerprint density at radius 1 is 0.458 bits per heavy atom. The van der Waals surface area contributed by atoms with Crippen LogP contribution < -0.4 is 0 Å². The second-order valence-corrected chi connectivity index (χ2v) is 5.54. The molecule has 0 aromatic heterocycles. The molecule has 0 aliphatic carbocycles. The Labute approximate surface area is 144 Å². The van der Waals surface area contributed by atoms with E-state index < -0.39 is 0 Å². The summed E-state index contributed by atoms with van der Waals surface area (Å²) in [6.07, 6.45) is 10.8. The molecule has 0 heterocycles. The van der Waals surface area contributed by atoms with Crippen LogP contribution in [0.25, 0.3) is 18.2 Å². The molecule has 0 atom stereocenters. The van der Waals surface area contributed by atoms with Crippen LogP contribution in [0.15, 0.2) is 109 Å². The van der Waals surface area contributed by atoms with Crippen LogP contribution in [0.3, 0.4) is 0 Å². The van der Waals surface area contributed by atoms with Gasteiger partial charge in [0.15, 0.2) is 0 Å². The molecule has 0 heteroatoms. The SMILES string of the molecule is C(=Cc1ccccc1)C(C=Cc1ccccc1)=Cc1ccccc1. The quantitative estimate of drug-likeness (QED) is 0.472. The fraction of sp³-hybridized carbons (Fsp3) is 0. The maximum atomic E-state index is 2.19. The lowest BCUT2D eigenvalue weighted by Crippen LogP contribution is -1.77. The summed E-state index contributed by atoms with van der Waals surface area (Å²) in [5, 5.41) is 0. The van der Waals surface area contributed by atoms with Gasteiger partial charge >= 0.3 is 0 Å². The third-order valence-corrected chi connectivity index (χ3v) is 3.67. The van der Waals surface area contributed by atoms with Gasteiger partial charge in [0.05, 0.1) is 0 Å². The van der Waals surface area contributed by atoms with Crippen molar-refractivity contribution in [3.05, 3.63) is 125 Å². The van der Waals surface area contributed by atoms with Crippen LogP contribution >= 0.6 is 0 Å². The van der Waals surface area contributed by atoms with Gasteiger partial charge in [-0.15, -0.1) is 0 Å². The van der Waals surface area contributed by atoms with Crippen LogP contribution in [-0.4, -0.2) is 0 Å². The first kappa shape index (κ1) is 15.8. The van der Waals surface area contributed by atoms with Crippen LogP contribution in [0.5, 0.6) is 0 Å². The summed E-state index contributed by atoms with van der Waals surface area (Å²) in [6, 6.07) is 31.1. The number of benzene rings is 3. The molecule has 0 radical (unpaired) electrons. The summed E-state index contributed by atoms with van der Waals surface area (Å²) in [7, 11) is 0. The number of allylic oxidation sites excluding steroid dienone is 3. The van der Waals surface area contributed by atoms with Gasteiger partial charge in [-0.3, -0.25) is 0 Å². The zero-order chi connectivity index (χ0) is 16.5. The van der Waals surface area contributed by atoms with Crippen molar-refractivity contribution in [1.82, 2.24) is 0 Å². The highest BCUT2D eigenvalue weighted by Gasteiger charge is 1.92. The third kappa shape index (κ3) is 4.96. The van der Waals surface area contributed by atoms with E-state index in [2.05, 4.69) is 103 Å². The molecule has 0 saturated heterocycles. The van der Waals surface area contributed by atoms with E-state index in [9.17, 15) is 0 Å². The van der Waals surface area contributed by atoms with E-state index in [0.717, 1.165) is 5.57 Å². The summed E-state index contributed by atoms with van der Waals surface area (Å²) in [5.41, 5.74) is 4.76. The topological polar surface area (TPSA) is 0 Å². The molecule has 116 valence electrons. The van der Waals surface area contributed by atoms with Crippen molar-refractivity contribution in [1.29, 1.82) is 0 Å². The molecule has 0 spiro atoms. The van der Waals surface area contributed by atoms with Crippen molar-refractivity contribution in [2.75, 3.05) is 0 Å². The Morgan fingerprint density at radius 2 is 0.833 bits per heavy atom. The third-order valence-electron chi connectivity index (χ3n) is 3.67. The van der Waals surface area contributed by atoms with Crippen molar-refractivity contribution in [2.45, 2.75) is 0 Å². The molecule has 0 unspecified atom stereocenters. The van der Waals surface area contributed by atoms with Gasteiger partial charge in [-0.1, -0.05) is 115 Å². The van der Waals surface area contributed by atoms with Gasteiger partial charge in [-0.25, -0.2) is 0 Å². The molecule has 0 nitrogen and oxygen atoms in total. The van der Waals surface area contributed by atoms with Crippen molar-refractivity contribution < 1.29 is 0 Å². The first-order valence-electron chi connectivity index (χ1n) is 8.13. The Bertz CT molecular complexity index is 771. The molecule has 0 amide bonds. The molecule has 24 heavy (non-hydrogen) atoms. The molecule has 0 saturated carbocycles. The number of rotatable bonds is 5. The molecule has 3 aromatic rings. The van der Waals surface area contributed by atoms with E-state index >= 15 is 0 Å². The van der Waals surface area contributed by atoms with Crippen LogP contribution in [0.4, 0.5) is 0 Å².